The second-order valence-electron chi connectivity index (χ2n) is 6.18. The molecule has 0 saturated heterocycles. The number of nitrogens with two attached hydrogens (primary N) is 1. The molecule has 1 atom stereocenters. The average Bonchev–Trinajstić information content (AvgIpc) is 3.03. The van der Waals surface area contributed by atoms with Crippen LogP contribution in [0.15, 0.2) is 54.7 Å². The van der Waals surface area contributed by atoms with Crippen molar-refractivity contribution in [3.63, 3.8) is 0 Å². The highest BCUT2D eigenvalue weighted by Gasteiger charge is 2.21. The molecule has 1 aliphatic heterocycles. The average molecular weight is 310 g/mol. The number of fused-ring (bicyclic) bond motifs is 1. The fourth-order valence-electron chi connectivity index (χ4n) is 2.50. The van der Waals surface area contributed by atoms with Gasteiger partial charge in [0.15, 0.2) is 0 Å². The van der Waals surface area contributed by atoms with E-state index < -0.39 is 5.54 Å². The van der Waals surface area contributed by atoms with E-state index in [1.54, 1.807) is 6.92 Å². The minimum absolute atomic E-state index is 0.161. The zero-order valence-electron chi connectivity index (χ0n) is 13.3. The molecule has 0 amide bonds. The van der Waals surface area contributed by atoms with Gasteiger partial charge in [-0.1, -0.05) is 30.8 Å². The summed E-state index contributed by atoms with van der Waals surface area (Å²) in [6.07, 6.45) is 0.989. The highest BCUT2D eigenvalue weighted by molar-refractivity contribution is 5.69. The molecule has 1 heterocycles. The number of hydrogen-bond donors (Lipinski definition) is 3. The van der Waals surface area contributed by atoms with Crippen molar-refractivity contribution in [2.24, 2.45) is 5.73 Å². The largest absolute Gasteiger partial charge is 0.493 e. The Kier molecular flexibility index (Phi) is 4.11. The second kappa shape index (κ2) is 6.07. The first-order chi connectivity index (χ1) is 11.0. The summed E-state index contributed by atoms with van der Waals surface area (Å²) in [7, 11) is 0. The summed E-state index contributed by atoms with van der Waals surface area (Å²) < 4.78 is 5.63. The Bertz CT molecular complexity index is 721. The zero-order valence-corrected chi connectivity index (χ0v) is 13.3. The van der Waals surface area contributed by atoms with Crippen LogP contribution in [0.5, 0.6) is 5.75 Å². The van der Waals surface area contributed by atoms with Crippen LogP contribution in [0.3, 0.4) is 0 Å². The van der Waals surface area contributed by atoms with Gasteiger partial charge in [0.05, 0.1) is 18.8 Å². The molecular weight excluding hydrogens is 288 g/mol. The molecule has 3 rings (SSSR count). The maximum Gasteiger partial charge on any atom is 0.123 e. The van der Waals surface area contributed by atoms with Gasteiger partial charge < -0.3 is 20.9 Å². The van der Waals surface area contributed by atoms with E-state index in [-0.39, 0.29) is 6.61 Å². The number of nitrogens with one attached hydrogen (secondary N) is 1. The molecule has 2 aromatic carbocycles. The molecule has 1 aliphatic rings. The Balaban J connectivity index is 1.76. The van der Waals surface area contributed by atoms with Crippen molar-refractivity contribution in [2.45, 2.75) is 18.9 Å². The van der Waals surface area contributed by atoms with E-state index in [1.807, 2.05) is 24.3 Å². The van der Waals surface area contributed by atoms with Crippen LogP contribution in [0.4, 0.5) is 5.69 Å². The van der Waals surface area contributed by atoms with Crippen molar-refractivity contribution in [2.75, 3.05) is 18.5 Å². The van der Waals surface area contributed by atoms with Crippen LogP contribution in [0.2, 0.25) is 0 Å². The monoisotopic (exact) mass is 310 g/mol. The summed E-state index contributed by atoms with van der Waals surface area (Å²) in [6, 6.07) is 14.4. The molecule has 23 heavy (non-hydrogen) atoms. The van der Waals surface area contributed by atoms with E-state index in [1.165, 1.54) is 5.56 Å². The molecule has 0 saturated carbocycles. The van der Waals surface area contributed by atoms with Crippen LogP contribution in [-0.4, -0.2) is 23.9 Å². The first kappa shape index (κ1) is 15.6. The van der Waals surface area contributed by atoms with Crippen molar-refractivity contribution < 1.29 is 9.84 Å². The maximum atomic E-state index is 9.27. The summed E-state index contributed by atoms with van der Waals surface area (Å²) in [5, 5.41) is 12.4. The molecule has 0 spiro atoms. The van der Waals surface area contributed by atoms with Crippen molar-refractivity contribution in [3.05, 3.63) is 60.3 Å². The standard InChI is InChI=1S/C19H22N2O2/c1-13(19(2,20)12-22)21-17-7-5-14(6-8-17)16-4-3-15-9-10-23-18(15)11-16/h3-8,11,21-22H,1,9-10,12,20H2,2H3/t19-/m0/s1. The normalized spacial score (nSPS) is 15.4. The van der Waals surface area contributed by atoms with Crippen molar-refractivity contribution in [1.82, 2.24) is 0 Å². The van der Waals surface area contributed by atoms with Crippen LogP contribution < -0.4 is 15.8 Å². The minimum Gasteiger partial charge on any atom is -0.493 e. The van der Waals surface area contributed by atoms with Gasteiger partial charge >= 0.3 is 0 Å². The van der Waals surface area contributed by atoms with Gasteiger partial charge in [-0.2, -0.15) is 0 Å². The highest BCUT2D eigenvalue weighted by atomic mass is 16.5. The minimum atomic E-state index is -0.851. The Morgan fingerprint density at radius 2 is 1.96 bits per heavy atom. The molecule has 0 fully saturated rings. The van der Waals surface area contributed by atoms with Gasteiger partial charge in [-0.15, -0.1) is 0 Å². The van der Waals surface area contributed by atoms with Crippen LogP contribution in [0.1, 0.15) is 12.5 Å². The van der Waals surface area contributed by atoms with Crippen molar-refractivity contribution in [3.8, 4) is 16.9 Å². The summed E-state index contributed by atoms with van der Waals surface area (Å²) >= 11 is 0. The quantitative estimate of drug-likeness (QED) is 0.794. The Hall–Kier alpha value is -2.30. The Labute approximate surface area is 136 Å². The Morgan fingerprint density at radius 1 is 1.26 bits per heavy atom. The van der Waals surface area contributed by atoms with Crippen LogP contribution in [-0.2, 0) is 6.42 Å². The van der Waals surface area contributed by atoms with Crippen LogP contribution in [0.25, 0.3) is 11.1 Å². The van der Waals surface area contributed by atoms with Gasteiger partial charge in [0, 0.05) is 17.8 Å². The van der Waals surface area contributed by atoms with E-state index in [9.17, 15) is 5.11 Å². The van der Waals surface area contributed by atoms with Crippen molar-refractivity contribution in [1.29, 1.82) is 0 Å². The first-order valence-corrected chi connectivity index (χ1v) is 7.72. The predicted molar refractivity (Wildman–Crippen MR) is 93.5 cm³/mol. The molecular formula is C19H22N2O2. The third-order valence-electron chi connectivity index (χ3n) is 4.23. The van der Waals surface area contributed by atoms with Gasteiger partial charge in [0.1, 0.15) is 5.75 Å². The lowest BCUT2D eigenvalue weighted by atomic mass is 10.0. The fraction of sp³-hybridized carbons (Fsp3) is 0.263. The molecule has 4 nitrogen and oxygen atoms in total. The number of benzene rings is 2. The third-order valence-corrected chi connectivity index (χ3v) is 4.23. The smallest absolute Gasteiger partial charge is 0.123 e. The van der Waals surface area contributed by atoms with E-state index in [0.29, 0.717) is 5.70 Å². The van der Waals surface area contributed by atoms with E-state index in [4.69, 9.17) is 10.5 Å². The number of ether oxygens (including phenoxy) is 1. The number of aliphatic hydroxyl groups is 1. The highest BCUT2D eigenvalue weighted by Crippen LogP contribution is 2.31. The lowest BCUT2D eigenvalue weighted by Crippen LogP contribution is -2.44. The SMILES string of the molecule is C=C(Nc1ccc(-c2ccc3c(c2)OCC3)cc1)[C@@](C)(N)CO. The van der Waals surface area contributed by atoms with E-state index >= 15 is 0 Å². The number of anilines is 1. The molecule has 2 aromatic rings. The molecule has 4 N–H and O–H groups in total. The van der Waals surface area contributed by atoms with Crippen molar-refractivity contribution >= 4 is 5.69 Å². The van der Waals surface area contributed by atoms with Gasteiger partial charge in [-0.25, -0.2) is 0 Å². The topological polar surface area (TPSA) is 67.5 Å². The summed E-state index contributed by atoms with van der Waals surface area (Å²) in [6.45, 7) is 6.25. The van der Waals surface area contributed by atoms with E-state index in [0.717, 1.165) is 35.6 Å². The molecule has 0 radical (unpaired) electrons. The number of rotatable bonds is 5. The predicted octanol–water partition coefficient (Wildman–Crippen LogP) is 2.92. The van der Waals surface area contributed by atoms with Crippen LogP contribution >= 0.6 is 0 Å². The molecule has 4 heteroatoms. The molecule has 120 valence electrons. The fourth-order valence-corrected chi connectivity index (χ4v) is 2.50. The first-order valence-electron chi connectivity index (χ1n) is 7.72. The summed E-state index contributed by atoms with van der Waals surface area (Å²) in [5.74, 6) is 0.986. The Morgan fingerprint density at radius 3 is 2.65 bits per heavy atom. The van der Waals surface area contributed by atoms with Gasteiger partial charge in [0.25, 0.3) is 0 Å². The second-order valence-corrected chi connectivity index (χ2v) is 6.18. The van der Waals surface area contributed by atoms with Gasteiger partial charge in [0.2, 0.25) is 0 Å². The molecule has 0 aromatic heterocycles. The third kappa shape index (κ3) is 3.23. The lowest BCUT2D eigenvalue weighted by molar-refractivity contribution is 0.232. The zero-order chi connectivity index (χ0) is 16.4. The van der Waals surface area contributed by atoms with E-state index in [2.05, 4.69) is 30.1 Å². The van der Waals surface area contributed by atoms with Gasteiger partial charge in [-0.3, -0.25) is 0 Å². The summed E-state index contributed by atoms with van der Waals surface area (Å²) in [5.41, 5.74) is 10.1. The number of aliphatic hydroxyl groups excluding tert-OH is 1. The van der Waals surface area contributed by atoms with Gasteiger partial charge in [-0.05, 0) is 41.8 Å². The maximum absolute atomic E-state index is 9.27. The number of hydrogen-bond acceptors (Lipinski definition) is 4. The summed E-state index contributed by atoms with van der Waals surface area (Å²) in [4.78, 5) is 0. The molecule has 0 unspecified atom stereocenters. The lowest BCUT2D eigenvalue weighted by Gasteiger charge is -2.25. The molecule has 0 bridgehead atoms. The molecule has 0 aliphatic carbocycles. The van der Waals surface area contributed by atoms with Crippen LogP contribution in [0, 0.1) is 0 Å².